The average molecular weight is 356 g/mol. The zero-order valence-corrected chi connectivity index (χ0v) is 15.4. The Morgan fingerprint density at radius 2 is 2.04 bits per heavy atom. The SMILES string of the molecule is Cc1[nH]c2ccccc2c1CNCC(c1cccs1)N1CCOCC1. The van der Waals surface area contributed by atoms with Crippen molar-refractivity contribution in [2.45, 2.75) is 19.5 Å². The molecule has 132 valence electrons. The summed E-state index contributed by atoms with van der Waals surface area (Å²) in [4.78, 5) is 7.47. The van der Waals surface area contributed by atoms with Crippen LogP contribution in [-0.4, -0.2) is 42.7 Å². The molecule has 1 unspecified atom stereocenters. The largest absolute Gasteiger partial charge is 0.379 e. The molecule has 1 atom stereocenters. The molecule has 1 aliphatic rings. The summed E-state index contributed by atoms with van der Waals surface area (Å²) >= 11 is 1.85. The molecule has 1 saturated heterocycles. The standard InChI is InChI=1S/C20H25N3OS/c1-15-17(16-5-2-3-6-18(16)22-15)13-21-14-19(20-7-4-12-25-20)23-8-10-24-11-9-23/h2-7,12,19,21-22H,8-11,13-14H2,1H3. The molecule has 0 radical (unpaired) electrons. The van der Waals surface area contributed by atoms with Crippen LogP contribution in [0.2, 0.25) is 0 Å². The first-order valence-electron chi connectivity index (χ1n) is 8.95. The summed E-state index contributed by atoms with van der Waals surface area (Å²) in [6.07, 6.45) is 0. The lowest BCUT2D eigenvalue weighted by atomic mass is 10.1. The molecule has 2 aromatic heterocycles. The molecular formula is C20H25N3OS. The summed E-state index contributed by atoms with van der Waals surface area (Å²) in [5, 5.41) is 7.21. The number of aromatic amines is 1. The van der Waals surface area contributed by atoms with Gasteiger partial charge >= 0.3 is 0 Å². The van der Waals surface area contributed by atoms with Crippen LogP contribution >= 0.6 is 11.3 Å². The number of morpholine rings is 1. The summed E-state index contributed by atoms with van der Waals surface area (Å²) in [7, 11) is 0. The number of hydrogen-bond donors (Lipinski definition) is 2. The zero-order chi connectivity index (χ0) is 17.1. The van der Waals surface area contributed by atoms with Gasteiger partial charge in [-0.1, -0.05) is 24.3 Å². The topological polar surface area (TPSA) is 40.3 Å². The molecule has 1 aromatic carbocycles. The van der Waals surface area contributed by atoms with E-state index >= 15 is 0 Å². The van der Waals surface area contributed by atoms with Crippen LogP contribution in [0.1, 0.15) is 22.2 Å². The lowest BCUT2D eigenvalue weighted by molar-refractivity contribution is 0.0168. The van der Waals surface area contributed by atoms with E-state index in [1.54, 1.807) is 0 Å². The Hall–Kier alpha value is -1.66. The molecule has 0 spiro atoms. The van der Waals surface area contributed by atoms with Gasteiger partial charge in [0.25, 0.3) is 0 Å². The normalized spacial score (nSPS) is 17.2. The van der Waals surface area contributed by atoms with Crippen molar-refractivity contribution in [1.29, 1.82) is 0 Å². The van der Waals surface area contributed by atoms with E-state index in [0.29, 0.717) is 6.04 Å². The number of thiophene rings is 1. The van der Waals surface area contributed by atoms with Gasteiger partial charge in [0.15, 0.2) is 0 Å². The van der Waals surface area contributed by atoms with Crippen molar-refractivity contribution >= 4 is 22.2 Å². The van der Waals surface area contributed by atoms with Crippen LogP contribution in [-0.2, 0) is 11.3 Å². The van der Waals surface area contributed by atoms with Crippen molar-refractivity contribution in [2.24, 2.45) is 0 Å². The van der Waals surface area contributed by atoms with Crippen LogP contribution < -0.4 is 5.32 Å². The molecule has 1 fully saturated rings. The van der Waals surface area contributed by atoms with Crippen LogP contribution in [0.5, 0.6) is 0 Å². The van der Waals surface area contributed by atoms with Gasteiger partial charge < -0.3 is 15.0 Å². The fraction of sp³-hybridized carbons (Fsp3) is 0.400. The molecule has 3 aromatic rings. The van der Waals surface area contributed by atoms with Crippen molar-refractivity contribution in [1.82, 2.24) is 15.2 Å². The monoisotopic (exact) mass is 355 g/mol. The van der Waals surface area contributed by atoms with Crippen molar-refractivity contribution in [2.75, 3.05) is 32.8 Å². The molecule has 3 heterocycles. The Morgan fingerprint density at radius 3 is 2.84 bits per heavy atom. The summed E-state index contributed by atoms with van der Waals surface area (Å²) in [5.74, 6) is 0. The highest BCUT2D eigenvalue weighted by Gasteiger charge is 2.23. The lowest BCUT2D eigenvalue weighted by Gasteiger charge is -2.34. The van der Waals surface area contributed by atoms with E-state index in [9.17, 15) is 0 Å². The van der Waals surface area contributed by atoms with Gasteiger partial charge in [0.05, 0.1) is 19.3 Å². The Bertz CT molecular complexity index is 806. The van der Waals surface area contributed by atoms with Gasteiger partial charge in [-0.25, -0.2) is 0 Å². The number of hydrogen-bond acceptors (Lipinski definition) is 4. The fourth-order valence-corrected chi connectivity index (χ4v) is 4.54. The van der Waals surface area contributed by atoms with E-state index in [1.165, 1.54) is 27.0 Å². The van der Waals surface area contributed by atoms with Gasteiger partial charge in [-0.3, -0.25) is 4.90 Å². The molecule has 2 N–H and O–H groups in total. The second-order valence-electron chi connectivity index (χ2n) is 6.58. The molecule has 1 aliphatic heterocycles. The number of para-hydroxylation sites is 1. The molecular weight excluding hydrogens is 330 g/mol. The maximum Gasteiger partial charge on any atom is 0.0594 e. The average Bonchev–Trinajstić information content (AvgIpc) is 3.27. The summed E-state index contributed by atoms with van der Waals surface area (Å²) in [6, 6.07) is 13.4. The lowest BCUT2D eigenvalue weighted by Crippen LogP contribution is -2.42. The fourth-order valence-electron chi connectivity index (χ4n) is 3.68. The predicted molar refractivity (Wildman–Crippen MR) is 104 cm³/mol. The molecule has 0 aliphatic carbocycles. The van der Waals surface area contributed by atoms with E-state index in [0.717, 1.165) is 39.4 Å². The number of aromatic nitrogens is 1. The number of nitrogens with one attached hydrogen (secondary N) is 2. The van der Waals surface area contributed by atoms with Gasteiger partial charge in [-0.15, -0.1) is 11.3 Å². The quantitative estimate of drug-likeness (QED) is 0.708. The first kappa shape index (κ1) is 16.8. The van der Waals surface area contributed by atoms with E-state index in [4.69, 9.17) is 4.74 Å². The van der Waals surface area contributed by atoms with Crippen molar-refractivity contribution in [3.05, 3.63) is 57.9 Å². The second kappa shape index (κ2) is 7.70. The highest BCUT2D eigenvalue weighted by molar-refractivity contribution is 7.10. The predicted octanol–water partition coefficient (Wildman–Crippen LogP) is 3.70. The second-order valence-corrected chi connectivity index (χ2v) is 7.56. The Balaban J connectivity index is 1.46. The Morgan fingerprint density at radius 1 is 1.20 bits per heavy atom. The smallest absolute Gasteiger partial charge is 0.0594 e. The van der Waals surface area contributed by atoms with Crippen LogP contribution in [0.15, 0.2) is 41.8 Å². The molecule has 25 heavy (non-hydrogen) atoms. The van der Waals surface area contributed by atoms with E-state index in [1.807, 2.05) is 11.3 Å². The van der Waals surface area contributed by atoms with Gasteiger partial charge in [0, 0.05) is 47.7 Å². The van der Waals surface area contributed by atoms with Crippen LogP contribution in [0.4, 0.5) is 0 Å². The number of benzene rings is 1. The van der Waals surface area contributed by atoms with E-state index in [-0.39, 0.29) is 0 Å². The minimum absolute atomic E-state index is 0.425. The van der Waals surface area contributed by atoms with Gasteiger partial charge in [-0.05, 0) is 30.0 Å². The number of aryl methyl sites for hydroxylation is 1. The summed E-state index contributed by atoms with van der Waals surface area (Å²) in [5.41, 5.74) is 3.86. The first-order valence-corrected chi connectivity index (χ1v) is 9.83. The van der Waals surface area contributed by atoms with Gasteiger partial charge in [0.2, 0.25) is 0 Å². The third-order valence-corrected chi connectivity index (χ3v) is 6.00. The maximum absolute atomic E-state index is 5.53. The Labute approximate surface area is 152 Å². The molecule has 0 bridgehead atoms. The third kappa shape index (κ3) is 3.65. The van der Waals surface area contributed by atoms with Crippen LogP contribution in [0.3, 0.4) is 0 Å². The van der Waals surface area contributed by atoms with Gasteiger partial charge in [-0.2, -0.15) is 0 Å². The highest BCUT2D eigenvalue weighted by atomic mass is 32.1. The molecule has 0 saturated carbocycles. The number of fused-ring (bicyclic) bond motifs is 1. The Kier molecular flexibility index (Phi) is 5.17. The molecule has 4 nitrogen and oxygen atoms in total. The minimum atomic E-state index is 0.425. The zero-order valence-electron chi connectivity index (χ0n) is 14.6. The molecule has 5 heteroatoms. The van der Waals surface area contributed by atoms with Crippen molar-refractivity contribution < 1.29 is 4.74 Å². The summed E-state index contributed by atoms with van der Waals surface area (Å²) < 4.78 is 5.53. The van der Waals surface area contributed by atoms with Gasteiger partial charge in [0.1, 0.15) is 0 Å². The van der Waals surface area contributed by atoms with Crippen molar-refractivity contribution in [3.63, 3.8) is 0 Å². The van der Waals surface area contributed by atoms with E-state index in [2.05, 4.69) is 63.9 Å². The van der Waals surface area contributed by atoms with Crippen LogP contribution in [0, 0.1) is 6.92 Å². The molecule has 0 amide bonds. The first-order chi connectivity index (χ1) is 12.3. The number of H-pyrrole nitrogens is 1. The van der Waals surface area contributed by atoms with Crippen molar-refractivity contribution in [3.8, 4) is 0 Å². The third-order valence-electron chi connectivity index (χ3n) is 5.02. The number of rotatable bonds is 6. The number of nitrogens with zero attached hydrogens (tertiary/aromatic N) is 1. The summed E-state index contributed by atoms with van der Waals surface area (Å²) in [6.45, 7) is 7.71. The number of ether oxygens (including phenoxy) is 1. The minimum Gasteiger partial charge on any atom is -0.379 e. The maximum atomic E-state index is 5.53. The van der Waals surface area contributed by atoms with E-state index < -0.39 is 0 Å². The van der Waals surface area contributed by atoms with Crippen LogP contribution in [0.25, 0.3) is 10.9 Å². The molecule has 4 rings (SSSR count). The highest BCUT2D eigenvalue weighted by Crippen LogP contribution is 2.26.